The summed E-state index contributed by atoms with van der Waals surface area (Å²) < 4.78 is 5.90. The lowest BCUT2D eigenvalue weighted by atomic mass is 10.1. The van der Waals surface area contributed by atoms with Crippen molar-refractivity contribution in [2.24, 2.45) is 5.73 Å². The first-order chi connectivity index (χ1) is 11.2. The summed E-state index contributed by atoms with van der Waals surface area (Å²) in [4.78, 5) is 22.1. The van der Waals surface area contributed by atoms with Gasteiger partial charge in [0.2, 0.25) is 5.88 Å². The molecule has 3 rings (SSSR count). The van der Waals surface area contributed by atoms with Gasteiger partial charge >= 0.3 is 0 Å². The Morgan fingerprint density at radius 1 is 1.26 bits per heavy atom. The SMILES string of the molecule is NC(=O)c1cccnc1OC1CCN(Cc2cccnc2)CC1. The predicted octanol–water partition coefficient (Wildman–Crippen LogP) is 1.62. The average Bonchev–Trinajstić information content (AvgIpc) is 2.58. The van der Waals surface area contributed by atoms with Crippen molar-refractivity contribution in [1.82, 2.24) is 14.9 Å². The lowest BCUT2D eigenvalue weighted by molar-refractivity contribution is 0.0888. The van der Waals surface area contributed by atoms with E-state index in [1.807, 2.05) is 12.3 Å². The summed E-state index contributed by atoms with van der Waals surface area (Å²) >= 11 is 0. The molecule has 0 aliphatic carbocycles. The molecule has 120 valence electrons. The minimum Gasteiger partial charge on any atom is -0.474 e. The summed E-state index contributed by atoms with van der Waals surface area (Å²) in [5.74, 6) is -0.173. The van der Waals surface area contributed by atoms with Crippen molar-refractivity contribution in [3.05, 3.63) is 54.0 Å². The van der Waals surface area contributed by atoms with Crippen molar-refractivity contribution >= 4 is 5.91 Å². The summed E-state index contributed by atoms with van der Waals surface area (Å²) in [5, 5.41) is 0. The molecule has 0 radical (unpaired) electrons. The third-order valence-electron chi connectivity index (χ3n) is 3.98. The fraction of sp³-hybridized carbons (Fsp3) is 0.353. The highest BCUT2D eigenvalue weighted by atomic mass is 16.5. The van der Waals surface area contributed by atoms with Gasteiger partial charge in [-0.05, 0) is 36.6 Å². The number of hydrogen-bond donors (Lipinski definition) is 1. The molecule has 0 spiro atoms. The Kier molecular flexibility index (Phi) is 4.83. The maximum atomic E-state index is 11.4. The van der Waals surface area contributed by atoms with Crippen LogP contribution in [0.1, 0.15) is 28.8 Å². The number of amides is 1. The highest BCUT2D eigenvalue weighted by Crippen LogP contribution is 2.21. The van der Waals surface area contributed by atoms with Gasteiger partial charge in [0.15, 0.2) is 0 Å². The van der Waals surface area contributed by atoms with Crippen LogP contribution >= 0.6 is 0 Å². The van der Waals surface area contributed by atoms with Gasteiger partial charge in [-0.15, -0.1) is 0 Å². The van der Waals surface area contributed by atoms with Crippen molar-refractivity contribution < 1.29 is 9.53 Å². The molecule has 0 atom stereocenters. The quantitative estimate of drug-likeness (QED) is 0.907. The lowest BCUT2D eigenvalue weighted by Crippen LogP contribution is -2.38. The van der Waals surface area contributed by atoms with E-state index in [0.29, 0.717) is 11.4 Å². The van der Waals surface area contributed by atoms with E-state index in [1.165, 1.54) is 5.56 Å². The Hall–Kier alpha value is -2.47. The second kappa shape index (κ2) is 7.19. The average molecular weight is 312 g/mol. The van der Waals surface area contributed by atoms with Gasteiger partial charge in [-0.3, -0.25) is 14.7 Å². The van der Waals surface area contributed by atoms with Crippen molar-refractivity contribution in [3.8, 4) is 5.88 Å². The number of ether oxygens (including phenoxy) is 1. The van der Waals surface area contributed by atoms with Crippen LogP contribution in [-0.2, 0) is 6.54 Å². The van der Waals surface area contributed by atoms with E-state index in [2.05, 4.69) is 20.9 Å². The van der Waals surface area contributed by atoms with Gasteiger partial charge in [0.05, 0.1) is 0 Å². The second-order valence-corrected chi connectivity index (χ2v) is 5.67. The minimum absolute atomic E-state index is 0.0631. The molecule has 1 aliphatic heterocycles. The van der Waals surface area contributed by atoms with Crippen LogP contribution in [0.5, 0.6) is 5.88 Å². The molecule has 2 aromatic rings. The summed E-state index contributed by atoms with van der Waals surface area (Å²) in [7, 11) is 0. The largest absolute Gasteiger partial charge is 0.474 e. The van der Waals surface area contributed by atoms with E-state index in [4.69, 9.17) is 10.5 Å². The van der Waals surface area contributed by atoms with E-state index in [-0.39, 0.29) is 6.10 Å². The Bertz CT molecular complexity index is 655. The number of carbonyl (C=O) groups is 1. The summed E-state index contributed by atoms with van der Waals surface area (Å²) in [6.07, 6.45) is 7.15. The maximum Gasteiger partial charge on any atom is 0.254 e. The summed E-state index contributed by atoms with van der Waals surface area (Å²) in [6, 6.07) is 7.37. The number of hydrogen-bond acceptors (Lipinski definition) is 5. The van der Waals surface area contributed by atoms with Crippen LogP contribution in [-0.4, -0.2) is 40.0 Å². The fourth-order valence-corrected chi connectivity index (χ4v) is 2.77. The smallest absolute Gasteiger partial charge is 0.254 e. The minimum atomic E-state index is -0.512. The number of likely N-dealkylation sites (tertiary alicyclic amines) is 1. The monoisotopic (exact) mass is 312 g/mol. The third-order valence-corrected chi connectivity index (χ3v) is 3.98. The summed E-state index contributed by atoms with van der Waals surface area (Å²) in [5.41, 5.74) is 6.91. The molecular formula is C17H20N4O2. The molecule has 2 aromatic heterocycles. The molecule has 23 heavy (non-hydrogen) atoms. The number of piperidine rings is 1. The molecule has 0 aromatic carbocycles. The molecule has 2 N–H and O–H groups in total. The van der Waals surface area contributed by atoms with E-state index in [0.717, 1.165) is 32.5 Å². The van der Waals surface area contributed by atoms with Gasteiger partial charge in [-0.25, -0.2) is 4.98 Å². The lowest BCUT2D eigenvalue weighted by Gasteiger charge is -2.32. The number of rotatable bonds is 5. The third kappa shape index (κ3) is 4.04. The summed E-state index contributed by atoms with van der Waals surface area (Å²) in [6.45, 7) is 2.79. The van der Waals surface area contributed by atoms with Crippen molar-refractivity contribution in [2.45, 2.75) is 25.5 Å². The number of pyridine rings is 2. The molecule has 0 saturated carbocycles. The van der Waals surface area contributed by atoms with Crippen LogP contribution in [0.2, 0.25) is 0 Å². The van der Waals surface area contributed by atoms with Gasteiger partial charge in [0.1, 0.15) is 11.7 Å². The van der Waals surface area contributed by atoms with Crippen molar-refractivity contribution in [1.29, 1.82) is 0 Å². The first kappa shape index (κ1) is 15.4. The van der Waals surface area contributed by atoms with Crippen LogP contribution in [0.3, 0.4) is 0 Å². The number of aromatic nitrogens is 2. The van der Waals surface area contributed by atoms with Crippen LogP contribution < -0.4 is 10.5 Å². The maximum absolute atomic E-state index is 11.4. The topological polar surface area (TPSA) is 81.3 Å². The normalized spacial score (nSPS) is 16.2. The molecule has 1 amide bonds. The zero-order valence-electron chi connectivity index (χ0n) is 12.9. The molecule has 0 bridgehead atoms. The molecular weight excluding hydrogens is 292 g/mol. The van der Waals surface area contributed by atoms with Gasteiger partial charge in [-0.2, -0.15) is 0 Å². The molecule has 6 heteroatoms. The number of primary amides is 1. The van der Waals surface area contributed by atoms with Crippen LogP contribution in [0.4, 0.5) is 0 Å². The Morgan fingerprint density at radius 3 is 2.74 bits per heavy atom. The van der Waals surface area contributed by atoms with Gasteiger partial charge < -0.3 is 10.5 Å². The molecule has 1 saturated heterocycles. The molecule has 0 unspecified atom stereocenters. The number of carbonyl (C=O) groups excluding carboxylic acids is 1. The molecule has 1 aliphatic rings. The van der Waals surface area contributed by atoms with Gasteiger partial charge in [0, 0.05) is 38.2 Å². The van der Waals surface area contributed by atoms with Crippen molar-refractivity contribution in [3.63, 3.8) is 0 Å². The van der Waals surface area contributed by atoms with Crippen LogP contribution in [0.25, 0.3) is 0 Å². The van der Waals surface area contributed by atoms with E-state index in [1.54, 1.807) is 24.5 Å². The number of nitrogens with two attached hydrogens (primary N) is 1. The number of nitrogens with zero attached hydrogens (tertiary/aromatic N) is 3. The zero-order chi connectivity index (χ0) is 16.1. The van der Waals surface area contributed by atoms with Crippen molar-refractivity contribution in [2.75, 3.05) is 13.1 Å². The second-order valence-electron chi connectivity index (χ2n) is 5.67. The van der Waals surface area contributed by atoms with Gasteiger partial charge in [0.25, 0.3) is 5.91 Å². The highest BCUT2D eigenvalue weighted by molar-refractivity contribution is 5.94. The Balaban J connectivity index is 1.54. The standard InChI is InChI=1S/C17H20N4O2/c18-16(22)15-4-2-8-20-17(15)23-14-5-9-21(10-6-14)12-13-3-1-7-19-11-13/h1-4,7-8,11,14H,5-6,9-10,12H2,(H2,18,22). The molecule has 3 heterocycles. The highest BCUT2D eigenvalue weighted by Gasteiger charge is 2.22. The predicted molar refractivity (Wildman–Crippen MR) is 85.9 cm³/mol. The van der Waals surface area contributed by atoms with Gasteiger partial charge in [-0.1, -0.05) is 6.07 Å². The Morgan fingerprint density at radius 2 is 2.04 bits per heavy atom. The van der Waals surface area contributed by atoms with E-state index in [9.17, 15) is 4.79 Å². The van der Waals surface area contributed by atoms with Crippen LogP contribution in [0, 0.1) is 0 Å². The van der Waals surface area contributed by atoms with E-state index >= 15 is 0 Å². The first-order valence-corrected chi connectivity index (χ1v) is 7.75. The molecule has 1 fully saturated rings. The molecule has 6 nitrogen and oxygen atoms in total. The van der Waals surface area contributed by atoms with E-state index < -0.39 is 5.91 Å². The van der Waals surface area contributed by atoms with Crippen LogP contribution in [0.15, 0.2) is 42.9 Å². The fourth-order valence-electron chi connectivity index (χ4n) is 2.77. The Labute approximate surface area is 135 Å². The first-order valence-electron chi connectivity index (χ1n) is 7.75. The zero-order valence-corrected chi connectivity index (χ0v) is 12.9.